The van der Waals surface area contributed by atoms with Crippen molar-refractivity contribution in [1.29, 1.82) is 0 Å². The molecule has 2 nitrogen and oxygen atoms in total. The molecule has 0 N–H and O–H groups in total. The van der Waals surface area contributed by atoms with Crippen LogP contribution in [-0.2, 0) is 16.4 Å². The predicted octanol–water partition coefficient (Wildman–Crippen LogP) is 12.7. The maximum atomic E-state index is 2.62. The van der Waals surface area contributed by atoms with Gasteiger partial charge in [0.05, 0.1) is 33.1 Å². The lowest BCUT2D eigenvalue weighted by molar-refractivity contribution is -0.764. The Morgan fingerprint density at radius 2 is 1.27 bits per heavy atom. The first kappa shape index (κ1) is 31.3. The van der Waals surface area contributed by atoms with Crippen LogP contribution < -0.4 is 4.57 Å². The molecule has 2 heteroatoms. The molecule has 0 bridgehead atoms. The smallest absolute Gasteiger partial charge is 0.221 e. The van der Waals surface area contributed by atoms with E-state index >= 15 is 0 Å². The molecule has 2 aliphatic rings. The first-order valence-electron chi connectivity index (χ1n) is 19.1. The van der Waals surface area contributed by atoms with Crippen molar-refractivity contribution in [2.45, 2.75) is 70.8 Å². The molecule has 6 aromatic carbocycles. The van der Waals surface area contributed by atoms with Gasteiger partial charge in [-0.2, -0.15) is 4.57 Å². The Kier molecular flexibility index (Phi) is 6.48. The molecule has 0 radical (unpaired) electrons. The number of nitrogens with zero attached hydrogens (tertiary/aromatic N) is 2. The first-order valence-corrected chi connectivity index (χ1v) is 19.1. The zero-order valence-corrected chi connectivity index (χ0v) is 31.1. The van der Waals surface area contributed by atoms with E-state index in [-0.39, 0.29) is 16.4 Å². The summed E-state index contributed by atoms with van der Waals surface area (Å²) in [4.78, 5) is 0. The van der Waals surface area contributed by atoms with Crippen molar-refractivity contribution >= 4 is 32.6 Å². The van der Waals surface area contributed by atoms with Gasteiger partial charge in [0.2, 0.25) is 5.69 Å². The lowest BCUT2D eigenvalue weighted by Gasteiger charge is -2.46. The third-order valence-corrected chi connectivity index (χ3v) is 13.6. The normalized spacial score (nSPS) is 19.8. The second-order valence-electron chi connectivity index (χ2n) is 16.2. The number of aromatic nitrogens is 2. The van der Waals surface area contributed by atoms with Gasteiger partial charge in [-0.15, -0.1) is 0 Å². The first-order chi connectivity index (χ1) is 25.2. The van der Waals surface area contributed by atoms with Crippen molar-refractivity contribution in [3.05, 3.63) is 156 Å². The summed E-state index contributed by atoms with van der Waals surface area (Å²) < 4.78 is 5.16. The molecule has 2 atom stereocenters. The van der Waals surface area contributed by atoms with E-state index in [0.717, 1.165) is 12.8 Å². The average Bonchev–Trinajstić information content (AvgIpc) is 3.53. The van der Waals surface area contributed by atoms with E-state index in [1.165, 1.54) is 88.5 Å². The molecule has 2 unspecified atom stereocenters. The molecule has 0 aliphatic carbocycles. The average molecular weight is 674 g/mol. The van der Waals surface area contributed by atoms with Crippen LogP contribution in [-0.4, -0.2) is 4.57 Å². The Morgan fingerprint density at radius 3 is 2.06 bits per heavy atom. The van der Waals surface area contributed by atoms with Gasteiger partial charge in [-0.25, -0.2) is 0 Å². The topological polar surface area (TPSA) is 8.81 Å². The number of fused-ring (bicyclic) bond motifs is 10. The molecule has 2 aliphatic heterocycles. The Hall–Kier alpha value is -5.47. The highest BCUT2D eigenvalue weighted by Crippen LogP contribution is 2.54. The number of hydrogen-bond acceptors (Lipinski definition) is 0. The summed E-state index contributed by atoms with van der Waals surface area (Å²) >= 11 is 0. The molecule has 52 heavy (non-hydrogen) atoms. The van der Waals surface area contributed by atoms with Gasteiger partial charge in [-0.05, 0) is 88.0 Å². The third kappa shape index (κ3) is 3.88. The molecular weight excluding hydrogens is 629 g/mol. The van der Waals surface area contributed by atoms with E-state index in [9.17, 15) is 0 Å². The fourth-order valence-electron chi connectivity index (χ4n) is 10.3. The predicted molar refractivity (Wildman–Crippen MR) is 218 cm³/mol. The second kappa shape index (κ2) is 10.8. The molecule has 254 valence electrons. The Labute approximate surface area is 307 Å². The standard InChI is InChI=1S/C50H45N2/c1-7-49(5)41-26-22-34(30-40(41)46-37-19-13-12-18-33(37)28-29-51(46)50(49,6)8-2)35-23-27-44-42(31-35)48(3,4)45-36(32-16-10-9-11-17-32)24-25-39-38-20-14-15-21-43(38)52(44)47(39)45/h9-31H,7-8H2,1-6H3/q+1. The third-order valence-electron chi connectivity index (χ3n) is 13.6. The minimum atomic E-state index is -0.239. The maximum Gasteiger partial charge on any atom is 0.221 e. The van der Waals surface area contributed by atoms with Gasteiger partial charge in [-0.3, -0.25) is 0 Å². The Bertz CT molecular complexity index is 2760. The summed E-state index contributed by atoms with van der Waals surface area (Å²) in [6.45, 7) is 14.6. The molecule has 10 rings (SSSR count). The van der Waals surface area contributed by atoms with Crippen LogP contribution in [0, 0.1) is 0 Å². The van der Waals surface area contributed by atoms with Crippen molar-refractivity contribution in [1.82, 2.24) is 4.57 Å². The van der Waals surface area contributed by atoms with Gasteiger partial charge >= 0.3 is 0 Å². The molecule has 0 saturated heterocycles. The van der Waals surface area contributed by atoms with E-state index in [4.69, 9.17) is 0 Å². The van der Waals surface area contributed by atoms with Crippen molar-refractivity contribution in [3.63, 3.8) is 0 Å². The molecule has 0 spiro atoms. The van der Waals surface area contributed by atoms with Crippen LogP contribution >= 0.6 is 0 Å². The monoisotopic (exact) mass is 673 g/mol. The van der Waals surface area contributed by atoms with Crippen LogP contribution in [0.2, 0.25) is 0 Å². The van der Waals surface area contributed by atoms with Crippen molar-refractivity contribution in [2.75, 3.05) is 0 Å². The van der Waals surface area contributed by atoms with Crippen molar-refractivity contribution in [2.24, 2.45) is 0 Å². The van der Waals surface area contributed by atoms with Gasteiger partial charge in [0, 0.05) is 35.6 Å². The number of pyridine rings is 1. The molecule has 2 aromatic heterocycles. The summed E-state index contributed by atoms with van der Waals surface area (Å²) in [5.41, 5.74) is 15.6. The number of hydrogen-bond donors (Lipinski definition) is 0. The zero-order valence-electron chi connectivity index (χ0n) is 31.1. The molecular formula is C50H45N2+. The fourth-order valence-corrected chi connectivity index (χ4v) is 10.3. The second-order valence-corrected chi connectivity index (χ2v) is 16.2. The van der Waals surface area contributed by atoms with Crippen LogP contribution in [0.1, 0.15) is 71.1 Å². The van der Waals surface area contributed by atoms with Crippen LogP contribution in [0.3, 0.4) is 0 Å². The van der Waals surface area contributed by atoms with Gasteiger partial charge in [0.25, 0.3) is 0 Å². The highest BCUT2D eigenvalue weighted by molar-refractivity contribution is 6.13. The van der Waals surface area contributed by atoms with Crippen LogP contribution in [0.4, 0.5) is 0 Å². The van der Waals surface area contributed by atoms with E-state index in [0.29, 0.717) is 0 Å². The van der Waals surface area contributed by atoms with Gasteiger partial charge in [0.15, 0.2) is 11.7 Å². The minimum Gasteiger partial charge on any atom is -0.309 e. The SMILES string of the molecule is CCC1(C)c2ccc(-c3ccc4c(c3)C(C)(C)c3c(-c5ccccc5)ccc5c6ccccc6n-4c35)cc2-c2c3ccccc3cc[n+]2C1(C)CC. The van der Waals surface area contributed by atoms with Crippen LogP contribution in [0.25, 0.3) is 71.8 Å². The van der Waals surface area contributed by atoms with Crippen molar-refractivity contribution in [3.8, 4) is 39.2 Å². The summed E-state index contributed by atoms with van der Waals surface area (Å²) in [7, 11) is 0. The maximum absolute atomic E-state index is 2.62. The lowest BCUT2D eigenvalue weighted by Crippen LogP contribution is -2.67. The van der Waals surface area contributed by atoms with Gasteiger partial charge in [-0.1, -0.05) is 125 Å². The molecule has 4 heterocycles. The van der Waals surface area contributed by atoms with Gasteiger partial charge in [0.1, 0.15) is 0 Å². The molecule has 0 saturated carbocycles. The Balaban J connectivity index is 1.23. The number of para-hydroxylation sites is 1. The molecule has 8 aromatic rings. The number of benzene rings is 6. The zero-order chi connectivity index (χ0) is 35.6. The highest BCUT2D eigenvalue weighted by Gasteiger charge is 2.56. The van der Waals surface area contributed by atoms with E-state index in [2.05, 4.69) is 190 Å². The van der Waals surface area contributed by atoms with Gasteiger partial charge < -0.3 is 4.57 Å². The fraction of sp³-hybridized carbons (Fsp3) is 0.220. The summed E-state index contributed by atoms with van der Waals surface area (Å²) in [6.07, 6.45) is 4.48. The Morgan fingerprint density at radius 1 is 0.558 bits per heavy atom. The molecule has 0 amide bonds. The van der Waals surface area contributed by atoms with Crippen LogP contribution in [0.15, 0.2) is 140 Å². The molecule has 0 fully saturated rings. The summed E-state index contributed by atoms with van der Waals surface area (Å²) in [6, 6.07) is 50.4. The minimum absolute atomic E-state index is 0.0218. The van der Waals surface area contributed by atoms with Crippen LogP contribution in [0.5, 0.6) is 0 Å². The van der Waals surface area contributed by atoms with E-state index in [1.54, 1.807) is 0 Å². The quantitative estimate of drug-likeness (QED) is 0.164. The van der Waals surface area contributed by atoms with E-state index < -0.39 is 0 Å². The highest BCUT2D eigenvalue weighted by atomic mass is 15.1. The number of rotatable bonds is 4. The summed E-state index contributed by atoms with van der Waals surface area (Å²) in [5, 5.41) is 5.24. The largest absolute Gasteiger partial charge is 0.309 e. The lowest BCUT2D eigenvalue weighted by atomic mass is 9.60. The van der Waals surface area contributed by atoms with E-state index in [1.807, 2.05) is 0 Å². The summed E-state index contributed by atoms with van der Waals surface area (Å²) in [5.74, 6) is 0. The van der Waals surface area contributed by atoms with Crippen molar-refractivity contribution < 1.29 is 4.57 Å².